The quantitative estimate of drug-likeness (QED) is 0.851. The predicted octanol–water partition coefficient (Wildman–Crippen LogP) is 2.80. The average Bonchev–Trinajstić information content (AvgIpc) is 2.38. The molecule has 1 aromatic carbocycles. The highest BCUT2D eigenvalue weighted by Gasteiger charge is 2.35. The first-order valence-corrected chi connectivity index (χ1v) is 7.39. The summed E-state index contributed by atoms with van der Waals surface area (Å²) in [4.78, 5) is 0. The third kappa shape index (κ3) is 2.19. The number of fused-ring (bicyclic) bond motifs is 1. The second-order valence-corrected chi connectivity index (χ2v) is 5.82. The topological polar surface area (TPSA) is 24.1 Å². The molecular weight excluding hydrogens is 220 g/mol. The van der Waals surface area contributed by atoms with E-state index in [0.29, 0.717) is 11.6 Å². The number of nitrogens with one attached hydrogen (secondary N) is 2. The van der Waals surface area contributed by atoms with Crippen LogP contribution in [0.3, 0.4) is 0 Å². The Morgan fingerprint density at radius 3 is 2.89 bits per heavy atom. The van der Waals surface area contributed by atoms with Crippen LogP contribution in [-0.2, 0) is 6.42 Å². The third-order valence-corrected chi connectivity index (χ3v) is 4.88. The molecule has 3 rings (SSSR count). The van der Waals surface area contributed by atoms with Gasteiger partial charge in [0.25, 0.3) is 0 Å². The van der Waals surface area contributed by atoms with Crippen molar-refractivity contribution in [1.82, 2.24) is 10.6 Å². The fourth-order valence-electron chi connectivity index (χ4n) is 3.35. The van der Waals surface area contributed by atoms with Gasteiger partial charge in [-0.05, 0) is 49.8 Å². The molecule has 1 fully saturated rings. The van der Waals surface area contributed by atoms with Crippen molar-refractivity contribution in [2.24, 2.45) is 0 Å². The van der Waals surface area contributed by atoms with E-state index < -0.39 is 0 Å². The van der Waals surface area contributed by atoms with Gasteiger partial charge in [-0.1, -0.05) is 31.2 Å². The van der Waals surface area contributed by atoms with Gasteiger partial charge in [-0.3, -0.25) is 0 Å². The summed E-state index contributed by atoms with van der Waals surface area (Å²) in [6.07, 6.45) is 6.55. The lowest BCUT2D eigenvalue weighted by molar-refractivity contribution is 0.171. The fourth-order valence-corrected chi connectivity index (χ4v) is 3.35. The number of benzene rings is 1. The monoisotopic (exact) mass is 244 g/mol. The molecule has 1 unspecified atom stereocenters. The molecule has 1 aliphatic carbocycles. The Hall–Kier alpha value is -0.860. The summed E-state index contributed by atoms with van der Waals surface area (Å²) in [5.41, 5.74) is 3.48. The van der Waals surface area contributed by atoms with Gasteiger partial charge in [0.15, 0.2) is 0 Å². The van der Waals surface area contributed by atoms with E-state index in [1.54, 1.807) is 0 Å². The van der Waals surface area contributed by atoms with Crippen molar-refractivity contribution in [2.75, 3.05) is 13.1 Å². The Balaban J connectivity index is 1.67. The van der Waals surface area contributed by atoms with Crippen molar-refractivity contribution in [3.8, 4) is 0 Å². The van der Waals surface area contributed by atoms with Crippen LogP contribution >= 0.6 is 0 Å². The minimum Gasteiger partial charge on any atom is -0.309 e. The van der Waals surface area contributed by atoms with Crippen LogP contribution < -0.4 is 10.6 Å². The van der Waals surface area contributed by atoms with Crippen molar-refractivity contribution in [3.63, 3.8) is 0 Å². The normalized spacial score (nSPS) is 25.3. The Kier molecular flexibility index (Phi) is 3.40. The second kappa shape index (κ2) is 5.02. The smallest absolute Gasteiger partial charge is 0.0449 e. The van der Waals surface area contributed by atoms with Gasteiger partial charge in [-0.2, -0.15) is 0 Å². The summed E-state index contributed by atoms with van der Waals surface area (Å²) in [6, 6.07) is 9.39. The molecule has 2 heteroatoms. The Morgan fingerprint density at radius 1 is 1.33 bits per heavy atom. The zero-order valence-electron chi connectivity index (χ0n) is 11.3. The first-order chi connectivity index (χ1) is 8.83. The Bertz CT molecular complexity index is 404. The Labute approximate surface area is 110 Å². The summed E-state index contributed by atoms with van der Waals surface area (Å²) in [5, 5.41) is 7.49. The first kappa shape index (κ1) is 12.2. The largest absolute Gasteiger partial charge is 0.309 e. The predicted molar refractivity (Wildman–Crippen MR) is 75.8 cm³/mol. The van der Waals surface area contributed by atoms with Crippen LogP contribution in [0.25, 0.3) is 0 Å². The number of hydrogen-bond acceptors (Lipinski definition) is 2. The molecule has 0 saturated heterocycles. The maximum Gasteiger partial charge on any atom is 0.0449 e. The highest BCUT2D eigenvalue weighted by atomic mass is 15.0. The lowest BCUT2D eigenvalue weighted by atomic mass is 9.74. The van der Waals surface area contributed by atoms with Crippen molar-refractivity contribution in [3.05, 3.63) is 35.4 Å². The molecule has 1 saturated carbocycles. The van der Waals surface area contributed by atoms with Crippen LogP contribution in [0.15, 0.2) is 24.3 Å². The standard InChI is InChI=1S/C16H24N2/c1-2-16(9-5-10-16)18-12-15-14-7-4-3-6-13(14)8-11-17-15/h3-4,6-7,15,17-18H,2,5,8-12H2,1H3. The van der Waals surface area contributed by atoms with E-state index in [0.717, 1.165) is 13.1 Å². The van der Waals surface area contributed by atoms with E-state index in [-0.39, 0.29) is 0 Å². The third-order valence-electron chi connectivity index (χ3n) is 4.88. The van der Waals surface area contributed by atoms with E-state index >= 15 is 0 Å². The average molecular weight is 244 g/mol. The lowest BCUT2D eigenvalue weighted by Gasteiger charge is -2.43. The van der Waals surface area contributed by atoms with Gasteiger partial charge in [-0.15, -0.1) is 0 Å². The highest BCUT2D eigenvalue weighted by molar-refractivity contribution is 5.32. The van der Waals surface area contributed by atoms with Gasteiger partial charge in [0, 0.05) is 18.1 Å². The minimum atomic E-state index is 0.452. The summed E-state index contributed by atoms with van der Waals surface area (Å²) in [5.74, 6) is 0. The molecule has 18 heavy (non-hydrogen) atoms. The maximum absolute atomic E-state index is 3.83. The van der Waals surface area contributed by atoms with E-state index in [9.17, 15) is 0 Å². The van der Waals surface area contributed by atoms with Crippen LogP contribution in [-0.4, -0.2) is 18.6 Å². The van der Waals surface area contributed by atoms with E-state index in [4.69, 9.17) is 0 Å². The van der Waals surface area contributed by atoms with Crippen molar-refractivity contribution < 1.29 is 0 Å². The van der Waals surface area contributed by atoms with Gasteiger partial charge < -0.3 is 10.6 Å². The SMILES string of the molecule is CCC1(NCC2NCCc3ccccc32)CCC1. The zero-order chi connectivity index (χ0) is 12.4. The molecule has 0 bridgehead atoms. The molecule has 1 heterocycles. The van der Waals surface area contributed by atoms with Crippen LogP contribution in [0, 0.1) is 0 Å². The van der Waals surface area contributed by atoms with Crippen molar-refractivity contribution in [2.45, 2.75) is 50.6 Å². The molecule has 1 atom stereocenters. The zero-order valence-corrected chi connectivity index (χ0v) is 11.3. The molecular formula is C16H24N2. The minimum absolute atomic E-state index is 0.452. The van der Waals surface area contributed by atoms with Gasteiger partial charge in [0.05, 0.1) is 0 Å². The summed E-state index contributed by atoms with van der Waals surface area (Å²) in [6.45, 7) is 4.50. The van der Waals surface area contributed by atoms with Crippen LogP contribution in [0.5, 0.6) is 0 Å². The van der Waals surface area contributed by atoms with E-state index in [1.807, 2.05) is 0 Å². The van der Waals surface area contributed by atoms with Gasteiger partial charge in [0.1, 0.15) is 0 Å². The number of hydrogen-bond donors (Lipinski definition) is 2. The summed E-state index contributed by atoms with van der Waals surface area (Å²) >= 11 is 0. The van der Waals surface area contributed by atoms with Gasteiger partial charge in [0.2, 0.25) is 0 Å². The number of rotatable bonds is 4. The molecule has 0 aromatic heterocycles. The summed E-state index contributed by atoms with van der Waals surface area (Å²) in [7, 11) is 0. The lowest BCUT2D eigenvalue weighted by Crippen LogP contribution is -2.53. The second-order valence-electron chi connectivity index (χ2n) is 5.82. The molecule has 0 radical (unpaired) electrons. The van der Waals surface area contributed by atoms with Crippen LogP contribution in [0.4, 0.5) is 0 Å². The van der Waals surface area contributed by atoms with Crippen molar-refractivity contribution in [1.29, 1.82) is 0 Å². The van der Waals surface area contributed by atoms with Gasteiger partial charge >= 0.3 is 0 Å². The Morgan fingerprint density at radius 2 is 2.17 bits per heavy atom. The maximum atomic E-state index is 3.83. The highest BCUT2D eigenvalue weighted by Crippen LogP contribution is 2.35. The molecule has 98 valence electrons. The molecule has 1 aliphatic heterocycles. The summed E-state index contributed by atoms with van der Waals surface area (Å²) < 4.78 is 0. The molecule has 0 spiro atoms. The van der Waals surface area contributed by atoms with Gasteiger partial charge in [-0.25, -0.2) is 0 Å². The molecule has 0 amide bonds. The molecule has 2 N–H and O–H groups in total. The van der Waals surface area contributed by atoms with Crippen LogP contribution in [0.2, 0.25) is 0 Å². The van der Waals surface area contributed by atoms with E-state index in [2.05, 4.69) is 41.8 Å². The molecule has 2 aliphatic rings. The fraction of sp³-hybridized carbons (Fsp3) is 0.625. The van der Waals surface area contributed by atoms with E-state index in [1.165, 1.54) is 43.2 Å². The van der Waals surface area contributed by atoms with Crippen molar-refractivity contribution >= 4 is 0 Å². The van der Waals surface area contributed by atoms with Crippen LogP contribution in [0.1, 0.15) is 49.8 Å². The molecule has 2 nitrogen and oxygen atoms in total. The first-order valence-electron chi connectivity index (χ1n) is 7.39. The molecule has 1 aromatic rings.